The molecule has 2 aromatic heterocycles. The number of furan rings is 1. The topological polar surface area (TPSA) is 79.6 Å². The number of rotatable bonds is 7. The number of amides is 1. The Labute approximate surface area is 239 Å². The predicted molar refractivity (Wildman–Crippen MR) is 154 cm³/mol. The molecule has 0 spiro atoms. The zero-order valence-electron chi connectivity index (χ0n) is 20.0. The van der Waals surface area contributed by atoms with E-state index in [4.69, 9.17) is 56.2 Å². The van der Waals surface area contributed by atoms with Gasteiger partial charge in [-0.1, -0.05) is 46.9 Å². The number of aromatic nitrogens is 1. The molecule has 4 aromatic rings. The first-order valence-corrected chi connectivity index (χ1v) is 13.0. The van der Waals surface area contributed by atoms with E-state index < -0.39 is 6.04 Å². The lowest BCUT2D eigenvalue weighted by Gasteiger charge is -2.26. The molecule has 11 heteroatoms. The van der Waals surface area contributed by atoms with Crippen LogP contribution in [0.25, 0.3) is 11.3 Å². The molecule has 2 atom stereocenters. The quantitative estimate of drug-likeness (QED) is 0.224. The third-order valence-electron chi connectivity index (χ3n) is 6.01. The Morgan fingerprint density at radius 2 is 1.95 bits per heavy atom. The van der Waals surface area contributed by atoms with E-state index in [1.165, 1.54) is 7.11 Å². The van der Waals surface area contributed by atoms with Crippen LogP contribution < -0.4 is 15.5 Å². The van der Waals surface area contributed by atoms with Crippen molar-refractivity contribution in [2.24, 2.45) is 0 Å². The lowest BCUT2D eigenvalue weighted by molar-refractivity contribution is -0.119. The summed E-state index contributed by atoms with van der Waals surface area (Å²) in [6.45, 7) is -0.0799. The Kier molecular flexibility index (Phi) is 7.88. The number of nitrogens with one attached hydrogen (secondary N) is 2. The van der Waals surface area contributed by atoms with Gasteiger partial charge in [0, 0.05) is 24.6 Å². The first-order valence-electron chi connectivity index (χ1n) is 11.5. The Bertz CT molecular complexity index is 1500. The first kappa shape index (κ1) is 26.5. The van der Waals surface area contributed by atoms with Crippen molar-refractivity contribution in [3.8, 4) is 11.3 Å². The summed E-state index contributed by atoms with van der Waals surface area (Å²) in [5.74, 6) is 0.892. The molecule has 1 fully saturated rings. The highest BCUT2D eigenvalue weighted by atomic mass is 35.5. The number of benzene rings is 2. The van der Waals surface area contributed by atoms with Gasteiger partial charge in [0.2, 0.25) is 5.91 Å². The standard InChI is InChI=1S/C27H21Cl3N4O3S/c1-36-14-23(35)32-19-9-8-15(13-18(19)29)34-26(25(33-27(34)38)20-7-2-3-12-31-20)22-11-10-21(37-22)16-5-4-6-17(28)24(16)30/h2-13,25-26H,14H2,1H3,(H,32,35)(H,33,38)/t25-,26-/m1/s1. The van der Waals surface area contributed by atoms with Crippen LogP contribution in [0.5, 0.6) is 0 Å². The third-order valence-corrected chi connectivity index (χ3v) is 7.46. The van der Waals surface area contributed by atoms with Crippen molar-refractivity contribution >= 4 is 69.4 Å². The Morgan fingerprint density at radius 3 is 2.68 bits per heavy atom. The van der Waals surface area contributed by atoms with Crippen molar-refractivity contribution in [1.82, 2.24) is 10.3 Å². The van der Waals surface area contributed by atoms with Gasteiger partial charge in [-0.2, -0.15) is 0 Å². The molecule has 0 bridgehead atoms. The number of hydrogen-bond acceptors (Lipinski definition) is 5. The maximum Gasteiger partial charge on any atom is 0.250 e. The van der Waals surface area contributed by atoms with Gasteiger partial charge in [-0.05, 0) is 66.8 Å². The van der Waals surface area contributed by atoms with Crippen molar-refractivity contribution in [3.05, 3.63) is 99.4 Å². The van der Waals surface area contributed by atoms with Crippen LogP contribution in [0.1, 0.15) is 23.5 Å². The highest BCUT2D eigenvalue weighted by Gasteiger charge is 2.42. The molecular weight excluding hydrogens is 567 g/mol. The van der Waals surface area contributed by atoms with Crippen molar-refractivity contribution in [1.29, 1.82) is 0 Å². The van der Waals surface area contributed by atoms with Gasteiger partial charge >= 0.3 is 0 Å². The molecule has 1 amide bonds. The van der Waals surface area contributed by atoms with Gasteiger partial charge in [-0.25, -0.2) is 0 Å². The molecule has 1 aliphatic rings. The number of nitrogens with zero attached hydrogens (tertiary/aromatic N) is 2. The van der Waals surface area contributed by atoms with E-state index >= 15 is 0 Å². The summed E-state index contributed by atoms with van der Waals surface area (Å²) in [5, 5.41) is 7.77. The minimum absolute atomic E-state index is 0.0799. The van der Waals surface area contributed by atoms with E-state index in [-0.39, 0.29) is 18.6 Å². The Balaban J connectivity index is 1.55. The van der Waals surface area contributed by atoms with Gasteiger partial charge < -0.3 is 24.7 Å². The van der Waals surface area contributed by atoms with Crippen molar-refractivity contribution in [3.63, 3.8) is 0 Å². The molecular formula is C27H21Cl3N4O3S. The fourth-order valence-corrected chi connectivity index (χ4v) is 5.31. The zero-order valence-corrected chi connectivity index (χ0v) is 23.0. The minimum atomic E-state index is -0.408. The number of pyridine rings is 1. The Hall–Kier alpha value is -3.14. The largest absolute Gasteiger partial charge is 0.459 e. The number of methoxy groups -OCH3 is 1. The highest BCUT2D eigenvalue weighted by Crippen LogP contribution is 2.44. The summed E-state index contributed by atoms with van der Waals surface area (Å²) in [6.07, 6.45) is 1.73. The third kappa shape index (κ3) is 5.23. The van der Waals surface area contributed by atoms with E-state index in [1.54, 1.807) is 24.4 Å². The maximum atomic E-state index is 12.0. The lowest BCUT2D eigenvalue weighted by atomic mass is 10.0. The molecule has 1 aliphatic heterocycles. The van der Waals surface area contributed by atoms with Crippen LogP contribution in [-0.4, -0.2) is 29.7 Å². The summed E-state index contributed by atoms with van der Waals surface area (Å²) in [5.41, 5.74) is 2.64. The summed E-state index contributed by atoms with van der Waals surface area (Å²) in [4.78, 5) is 18.5. The van der Waals surface area contributed by atoms with Crippen molar-refractivity contribution < 1.29 is 13.9 Å². The highest BCUT2D eigenvalue weighted by molar-refractivity contribution is 7.80. The monoisotopic (exact) mass is 586 g/mol. The number of hydrogen-bond donors (Lipinski definition) is 2. The first-order chi connectivity index (χ1) is 18.4. The number of carbonyl (C=O) groups is 1. The number of thiocarbonyl (C=S) groups is 1. The minimum Gasteiger partial charge on any atom is -0.459 e. The van der Waals surface area contributed by atoms with Crippen LogP contribution in [0.2, 0.25) is 15.1 Å². The number of carbonyl (C=O) groups excluding carboxylic acids is 1. The SMILES string of the molecule is COCC(=O)Nc1ccc(N2C(=S)N[C@H](c3ccccn3)[C@H]2c2ccc(-c3cccc(Cl)c3Cl)o2)cc1Cl. The van der Waals surface area contributed by atoms with Gasteiger partial charge in [0.05, 0.1) is 32.5 Å². The lowest BCUT2D eigenvalue weighted by Crippen LogP contribution is -2.29. The summed E-state index contributed by atoms with van der Waals surface area (Å²) in [6, 6.07) is 19.4. The van der Waals surface area contributed by atoms with Crippen LogP contribution in [0.4, 0.5) is 11.4 Å². The van der Waals surface area contributed by atoms with Crippen LogP contribution in [0.3, 0.4) is 0 Å². The molecule has 2 aromatic carbocycles. The van der Waals surface area contributed by atoms with Gasteiger partial charge in [-0.3, -0.25) is 9.78 Å². The molecule has 5 rings (SSSR count). The fraction of sp³-hybridized carbons (Fsp3) is 0.148. The summed E-state index contributed by atoms with van der Waals surface area (Å²) >= 11 is 25.0. The molecule has 194 valence electrons. The second-order valence-electron chi connectivity index (χ2n) is 8.45. The molecule has 0 radical (unpaired) electrons. The molecule has 7 nitrogen and oxygen atoms in total. The van der Waals surface area contributed by atoms with E-state index in [2.05, 4.69) is 15.6 Å². The van der Waals surface area contributed by atoms with Gasteiger partial charge in [0.15, 0.2) is 5.11 Å². The fourth-order valence-electron chi connectivity index (χ4n) is 4.35. The van der Waals surface area contributed by atoms with Crippen molar-refractivity contribution in [2.75, 3.05) is 23.9 Å². The summed E-state index contributed by atoms with van der Waals surface area (Å²) in [7, 11) is 1.45. The van der Waals surface area contributed by atoms with Crippen LogP contribution in [-0.2, 0) is 9.53 Å². The van der Waals surface area contributed by atoms with E-state index in [1.807, 2.05) is 53.4 Å². The predicted octanol–water partition coefficient (Wildman–Crippen LogP) is 7.06. The summed E-state index contributed by atoms with van der Waals surface area (Å²) < 4.78 is 11.2. The van der Waals surface area contributed by atoms with Crippen LogP contribution >= 0.6 is 47.0 Å². The van der Waals surface area contributed by atoms with Gasteiger partial charge in [0.25, 0.3) is 0 Å². The average Bonchev–Trinajstić information content (AvgIpc) is 3.52. The zero-order chi connectivity index (χ0) is 26.8. The molecule has 38 heavy (non-hydrogen) atoms. The maximum absolute atomic E-state index is 12.0. The average molecular weight is 588 g/mol. The molecule has 0 saturated carbocycles. The molecule has 1 saturated heterocycles. The van der Waals surface area contributed by atoms with Crippen molar-refractivity contribution in [2.45, 2.75) is 12.1 Å². The van der Waals surface area contributed by atoms with E-state index in [0.29, 0.717) is 48.6 Å². The van der Waals surface area contributed by atoms with E-state index in [9.17, 15) is 4.79 Å². The molecule has 0 unspecified atom stereocenters. The molecule has 0 aliphatic carbocycles. The number of anilines is 2. The molecule has 3 heterocycles. The number of halogens is 3. The smallest absolute Gasteiger partial charge is 0.250 e. The number of ether oxygens (including phenoxy) is 1. The van der Waals surface area contributed by atoms with E-state index in [0.717, 1.165) is 5.69 Å². The van der Waals surface area contributed by atoms with Crippen LogP contribution in [0.15, 0.2) is 77.3 Å². The second-order valence-corrected chi connectivity index (χ2v) is 10.0. The Morgan fingerprint density at radius 1 is 1.11 bits per heavy atom. The van der Waals surface area contributed by atoms with Gasteiger partial charge in [0.1, 0.15) is 24.2 Å². The second kappa shape index (κ2) is 11.3. The van der Waals surface area contributed by atoms with Crippen LogP contribution in [0, 0.1) is 0 Å². The van der Waals surface area contributed by atoms with Gasteiger partial charge in [-0.15, -0.1) is 0 Å². The molecule has 2 N–H and O–H groups in total. The normalized spacial score (nSPS) is 16.9.